The first-order chi connectivity index (χ1) is 8.31. The van der Waals surface area contributed by atoms with E-state index in [1.165, 1.54) is 0 Å². The molecule has 0 amide bonds. The van der Waals surface area contributed by atoms with Crippen LogP contribution in [0.3, 0.4) is 0 Å². The van der Waals surface area contributed by atoms with Crippen molar-refractivity contribution in [1.29, 1.82) is 0 Å². The van der Waals surface area contributed by atoms with Gasteiger partial charge in [-0.3, -0.25) is 9.59 Å². The number of carbonyl (C=O) groups is 2. The minimum atomic E-state index is -1.44. The molecule has 4 nitrogen and oxygen atoms in total. The second-order valence-corrected chi connectivity index (χ2v) is 3.69. The summed E-state index contributed by atoms with van der Waals surface area (Å²) in [6.45, 7) is 0. The highest BCUT2D eigenvalue weighted by Crippen LogP contribution is 2.19. The molecule has 1 unspecified atom stereocenters. The van der Waals surface area contributed by atoms with E-state index < -0.39 is 48.1 Å². The molecule has 1 aromatic carbocycles. The summed E-state index contributed by atoms with van der Waals surface area (Å²) in [4.78, 5) is 21.2. The summed E-state index contributed by atoms with van der Waals surface area (Å²) < 4.78 is 38.8. The van der Waals surface area contributed by atoms with Crippen molar-refractivity contribution in [3.63, 3.8) is 0 Å². The summed E-state index contributed by atoms with van der Waals surface area (Å²) in [7, 11) is 0. The zero-order valence-electron chi connectivity index (χ0n) is 8.99. The Morgan fingerprint density at radius 1 is 1.06 bits per heavy atom. The van der Waals surface area contributed by atoms with Crippen molar-refractivity contribution in [2.75, 3.05) is 0 Å². The number of rotatable bonds is 5. The zero-order valence-corrected chi connectivity index (χ0v) is 8.99. The van der Waals surface area contributed by atoms with Gasteiger partial charge in [0.15, 0.2) is 11.6 Å². The van der Waals surface area contributed by atoms with E-state index in [9.17, 15) is 22.8 Å². The zero-order chi connectivity index (χ0) is 13.9. The van der Waals surface area contributed by atoms with Gasteiger partial charge in [-0.1, -0.05) is 0 Å². The summed E-state index contributed by atoms with van der Waals surface area (Å²) in [5.41, 5.74) is -0.373. The van der Waals surface area contributed by atoms with Gasteiger partial charge in [0, 0.05) is 6.07 Å². The first-order valence-corrected chi connectivity index (χ1v) is 4.89. The van der Waals surface area contributed by atoms with Gasteiger partial charge in [0.05, 0.1) is 12.3 Å². The third-order valence-electron chi connectivity index (χ3n) is 2.33. The molecule has 0 radical (unpaired) electrons. The molecule has 0 fully saturated rings. The highest BCUT2D eigenvalue weighted by Gasteiger charge is 2.23. The van der Waals surface area contributed by atoms with E-state index in [0.29, 0.717) is 12.1 Å². The second kappa shape index (κ2) is 5.52. The molecule has 1 atom stereocenters. The molecule has 2 N–H and O–H groups in total. The van der Waals surface area contributed by atoms with Crippen LogP contribution in [0.1, 0.15) is 12.0 Å². The predicted octanol–water partition coefficient (Wildman–Crippen LogP) is 1.82. The van der Waals surface area contributed by atoms with Crippen LogP contribution in [0, 0.1) is 23.4 Å². The SMILES string of the molecule is O=C(O)CC(Cc1cc(F)c(F)cc1F)C(=O)O. The molecular formula is C11H9F3O4. The maximum atomic E-state index is 13.2. The van der Waals surface area contributed by atoms with Crippen molar-refractivity contribution >= 4 is 11.9 Å². The van der Waals surface area contributed by atoms with Crippen molar-refractivity contribution in [2.24, 2.45) is 5.92 Å². The van der Waals surface area contributed by atoms with Crippen molar-refractivity contribution in [2.45, 2.75) is 12.8 Å². The Morgan fingerprint density at radius 2 is 1.61 bits per heavy atom. The first-order valence-electron chi connectivity index (χ1n) is 4.89. The average Bonchev–Trinajstić information content (AvgIpc) is 2.23. The quantitative estimate of drug-likeness (QED) is 0.794. The number of halogens is 3. The van der Waals surface area contributed by atoms with Gasteiger partial charge in [-0.15, -0.1) is 0 Å². The molecule has 0 aliphatic heterocycles. The molecule has 0 heterocycles. The Bertz CT molecular complexity index is 487. The fraction of sp³-hybridized carbons (Fsp3) is 0.273. The van der Waals surface area contributed by atoms with Crippen LogP contribution in [0.25, 0.3) is 0 Å². The van der Waals surface area contributed by atoms with E-state index in [-0.39, 0.29) is 5.56 Å². The number of carboxylic acids is 2. The summed E-state index contributed by atoms with van der Waals surface area (Å²) >= 11 is 0. The molecule has 0 bridgehead atoms. The van der Waals surface area contributed by atoms with E-state index in [2.05, 4.69) is 0 Å². The first kappa shape index (κ1) is 14.0. The van der Waals surface area contributed by atoms with Crippen LogP contribution in [0.15, 0.2) is 12.1 Å². The van der Waals surface area contributed by atoms with Crippen molar-refractivity contribution < 1.29 is 33.0 Å². The molecule has 0 aromatic heterocycles. The van der Waals surface area contributed by atoms with E-state index in [4.69, 9.17) is 10.2 Å². The van der Waals surface area contributed by atoms with Crippen LogP contribution < -0.4 is 0 Å². The maximum absolute atomic E-state index is 13.2. The van der Waals surface area contributed by atoms with Gasteiger partial charge < -0.3 is 10.2 Å². The number of aliphatic carboxylic acids is 2. The summed E-state index contributed by atoms with van der Waals surface area (Å²) in [5.74, 6) is -8.02. The lowest BCUT2D eigenvalue weighted by atomic mass is 9.96. The summed E-state index contributed by atoms with van der Waals surface area (Å²) in [6.07, 6.45) is -1.25. The Hall–Kier alpha value is -2.05. The minimum absolute atomic E-state index is 0.296. The average molecular weight is 262 g/mol. The highest BCUT2D eigenvalue weighted by molar-refractivity contribution is 5.78. The van der Waals surface area contributed by atoms with Crippen LogP contribution in [0.2, 0.25) is 0 Å². The van der Waals surface area contributed by atoms with Gasteiger partial charge in [-0.25, -0.2) is 13.2 Å². The smallest absolute Gasteiger partial charge is 0.307 e. The van der Waals surface area contributed by atoms with E-state index in [1.807, 2.05) is 0 Å². The third-order valence-corrected chi connectivity index (χ3v) is 2.33. The van der Waals surface area contributed by atoms with Crippen LogP contribution in [-0.4, -0.2) is 22.2 Å². The topological polar surface area (TPSA) is 74.6 Å². The second-order valence-electron chi connectivity index (χ2n) is 3.69. The molecular weight excluding hydrogens is 253 g/mol. The van der Waals surface area contributed by atoms with Gasteiger partial charge in [-0.2, -0.15) is 0 Å². The summed E-state index contributed by atoms with van der Waals surface area (Å²) in [5, 5.41) is 17.2. The molecule has 0 aliphatic rings. The molecule has 98 valence electrons. The van der Waals surface area contributed by atoms with Gasteiger partial charge >= 0.3 is 11.9 Å². The van der Waals surface area contributed by atoms with E-state index in [0.717, 1.165) is 0 Å². The van der Waals surface area contributed by atoms with Crippen LogP contribution in [0.4, 0.5) is 13.2 Å². The van der Waals surface area contributed by atoms with Gasteiger partial charge in [0.1, 0.15) is 5.82 Å². The fourth-order valence-corrected chi connectivity index (χ4v) is 1.44. The van der Waals surface area contributed by atoms with Crippen molar-refractivity contribution in [3.8, 4) is 0 Å². The van der Waals surface area contributed by atoms with Crippen LogP contribution in [0.5, 0.6) is 0 Å². The lowest BCUT2D eigenvalue weighted by Gasteiger charge is -2.10. The van der Waals surface area contributed by atoms with Crippen molar-refractivity contribution in [1.82, 2.24) is 0 Å². The minimum Gasteiger partial charge on any atom is -0.481 e. The largest absolute Gasteiger partial charge is 0.481 e. The third kappa shape index (κ3) is 3.47. The lowest BCUT2D eigenvalue weighted by Crippen LogP contribution is -2.20. The highest BCUT2D eigenvalue weighted by atomic mass is 19.2. The monoisotopic (exact) mass is 262 g/mol. The predicted molar refractivity (Wildman–Crippen MR) is 53.4 cm³/mol. The maximum Gasteiger partial charge on any atom is 0.307 e. The van der Waals surface area contributed by atoms with Gasteiger partial charge in [0.2, 0.25) is 0 Å². The Balaban J connectivity index is 2.97. The molecule has 7 heteroatoms. The van der Waals surface area contributed by atoms with E-state index >= 15 is 0 Å². The van der Waals surface area contributed by atoms with Crippen LogP contribution in [-0.2, 0) is 16.0 Å². The van der Waals surface area contributed by atoms with Crippen molar-refractivity contribution in [3.05, 3.63) is 35.1 Å². The molecule has 18 heavy (non-hydrogen) atoms. The van der Waals surface area contributed by atoms with Crippen LogP contribution >= 0.6 is 0 Å². The molecule has 0 spiro atoms. The summed E-state index contributed by atoms with van der Waals surface area (Å²) in [6, 6.07) is 0.826. The van der Waals surface area contributed by atoms with Gasteiger partial charge in [-0.05, 0) is 18.1 Å². The normalized spacial score (nSPS) is 12.2. The molecule has 1 aromatic rings. The lowest BCUT2D eigenvalue weighted by molar-refractivity contribution is -0.148. The molecule has 0 saturated carbocycles. The Labute approximate surface area is 99.7 Å². The number of carboxylic acid groups (broad SMARTS) is 2. The number of hydrogen-bond donors (Lipinski definition) is 2. The molecule has 1 rings (SSSR count). The molecule has 0 saturated heterocycles. The van der Waals surface area contributed by atoms with E-state index in [1.54, 1.807) is 0 Å². The number of hydrogen-bond acceptors (Lipinski definition) is 2. The Morgan fingerprint density at radius 3 is 2.11 bits per heavy atom. The number of benzene rings is 1. The standard InChI is InChI=1S/C11H9F3O4/c12-7-4-9(14)8(13)2-5(7)1-6(11(17)18)3-10(15)16/h2,4,6H,1,3H2,(H,15,16)(H,17,18). The van der Waals surface area contributed by atoms with Gasteiger partial charge in [0.25, 0.3) is 0 Å². The molecule has 0 aliphatic carbocycles. The Kier molecular flexibility index (Phi) is 4.30. The fourth-order valence-electron chi connectivity index (χ4n) is 1.44.